The number of amides is 3. The van der Waals surface area contributed by atoms with Crippen molar-refractivity contribution in [2.75, 3.05) is 20.1 Å². The van der Waals surface area contributed by atoms with Crippen LogP contribution in [0.3, 0.4) is 0 Å². The van der Waals surface area contributed by atoms with E-state index in [4.69, 9.17) is 4.84 Å². The van der Waals surface area contributed by atoms with Crippen LogP contribution in [0.15, 0.2) is 24.3 Å². The minimum atomic E-state index is -0.317. The van der Waals surface area contributed by atoms with Crippen LogP contribution in [0.5, 0.6) is 5.75 Å². The molecule has 0 atom stereocenters. The summed E-state index contributed by atoms with van der Waals surface area (Å²) in [6.07, 6.45) is 1.10. The highest BCUT2D eigenvalue weighted by Crippen LogP contribution is 2.19. The van der Waals surface area contributed by atoms with Gasteiger partial charge in [-0.3, -0.25) is 14.4 Å². The van der Waals surface area contributed by atoms with E-state index in [-0.39, 0.29) is 37.1 Å². The van der Waals surface area contributed by atoms with Crippen molar-refractivity contribution in [1.82, 2.24) is 15.7 Å². The van der Waals surface area contributed by atoms with Gasteiger partial charge >= 0.3 is 0 Å². The fraction of sp³-hybridized carbons (Fsp3) is 0.400. The number of likely N-dealkylation sites (N-methyl/N-ethyl adjacent to an activating group) is 1. The first-order valence-corrected chi connectivity index (χ1v) is 7.14. The Bertz CT molecular complexity index is 558. The molecule has 0 spiro atoms. The first-order valence-electron chi connectivity index (χ1n) is 7.14. The van der Waals surface area contributed by atoms with Crippen LogP contribution in [-0.4, -0.2) is 42.9 Å². The van der Waals surface area contributed by atoms with Gasteiger partial charge in [-0.25, -0.2) is 0 Å². The Kier molecular flexibility index (Phi) is 5.48. The van der Waals surface area contributed by atoms with E-state index < -0.39 is 0 Å². The Morgan fingerprint density at radius 3 is 2.68 bits per heavy atom. The van der Waals surface area contributed by atoms with E-state index >= 15 is 0 Å². The lowest BCUT2D eigenvalue weighted by molar-refractivity contribution is -0.164. The Labute approximate surface area is 128 Å². The summed E-state index contributed by atoms with van der Waals surface area (Å²) in [6, 6.07) is 7.19. The molecule has 1 saturated heterocycles. The van der Waals surface area contributed by atoms with E-state index in [0.717, 1.165) is 10.6 Å². The van der Waals surface area contributed by atoms with Crippen LogP contribution in [0, 0.1) is 0 Å². The number of imide groups is 1. The highest BCUT2D eigenvalue weighted by Gasteiger charge is 2.31. The molecule has 0 unspecified atom stereocenters. The zero-order valence-electron chi connectivity index (χ0n) is 12.4. The molecule has 1 aliphatic rings. The molecule has 0 bridgehead atoms. The van der Waals surface area contributed by atoms with Gasteiger partial charge in [0.2, 0.25) is 5.91 Å². The maximum atomic E-state index is 11.5. The van der Waals surface area contributed by atoms with Crippen LogP contribution in [0.25, 0.3) is 0 Å². The van der Waals surface area contributed by atoms with Gasteiger partial charge in [0.25, 0.3) is 11.8 Å². The predicted octanol–water partition coefficient (Wildman–Crippen LogP) is 0.00750. The van der Waals surface area contributed by atoms with Crippen molar-refractivity contribution in [3.05, 3.63) is 29.8 Å². The molecule has 1 aromatic rings. The second-order valence-electron chi connectivity index (χ2n) is 4.92. The van der Waals surface area contributed by atoms with Gasteiger partial charge in [-0.05, 0) is 30.7 Å². The summed E-state index contributed by atoms with van der Waals surface area (Å²) in [6.45, 7) is 0.905. The van der Waals surface area contributed by atoms with Crippen molar-refractivity contribution < 1.29 is 19.2 Å². The second-order valence-corrected chi connectivity index (χ2v) is 4.92. The van der Waals surface area contributed by atoms with Crippen molar-refractivity contribution in [2.24, 2.45) is 0 Å². The van der Waals surface area contributed by atoms with E-state index in [1.165, 1.54) is 0 Å². The van der Waals surface area contributed by atoms with Crippen molar-refractivity contribution in [3.63, 3.8) is 0 Å². The van der Waals surface area contributed by atoms with Crippen molar-refractivity contribution in [3.8, 4) is 5.75 Å². The smallest absolute Gasteiger partial charge is 0.263 e. The number of nitrogens with zero attached hydrogens (tertiary/aromatic N) is 1. The number of carbonyl (C=O) groups excluding carboxylic acids is 3. The summed E-state index contributed by atoms with van der Waals surface area (Å²) in [5.41, 5.74) is 0.987. The van der Waals surface area contributed by atoms with Gasteiger partial charge in [0.15, 0.2) is 5.75 Å². The third-order valence-electron chi connectivity index (χ3n) is 3.26. The summed E-state index contributed by atoms with van der Waals surface area (Å²) in [4.78, 5) is 39.4. The molecule has 0 aliphatic carbocycles. The van der Waals surface area contributed by atoms with Crippen molar-refractivity contribution in [1.29, 1.82) is 0 Å². The lowest BCUT2D eigenvalue weighted by atomic mass is 10.1. The lowest BCUT2D eigenvalue weighted by Crippen LogP contribution is -2.32. The fourth-order valence-corrected chi connectivity index (χ4v) is 2.04. The van der Waals surface area contributed by atoms with Gasteiger partial charge < -0.3 is 15.5 Å². The molecule has 1 heterocycles. The molecule has 1 fully saturated rings. The molecule has 1 aliphatic heterocycles. The maximum Gasteiger partial charge on any atom is 0.263 e. The molecule has 118 valence electrons. The standard InChI is InChI=1S/C15H19N3O4/c1-16-13(19)10-17-8-7-11-3-2-4-12(9-11)22-18-14(20)5-6-15(18)21/h2-4,9,17H,5-8,10H2,1H3,(H,16,19). The monoisotopic (exact) mass is 305 g/mol. The normalized spacial score (nSPS) is 14.3. The Hall–Kier alpha value is -2.41. The van der Waals surface area contributed by atoms with Crippen molar-refractivity contribution in [2.45, 2.75) is 19.3 Å². The Morgan fingerprint density at radius 2 is 2.00 bits per heavy atom. The zero-order chi connectivity index (χ0) is 15.9. The summed E-state index contributed by atoms with van der Waals surface area (Å²) in [7, 11) is 1.59. The zero-order valence-corrected chi connectivity index (χ0v) is 12.4. The third-order valence-corrected chi connectivity index (χ3v) is 3.26. The Morgan fingerprint density at radius 1 is 1.27 bits per heavy atom. The minimum absolute atomic E-state index is 0.0665. The number of hydrogen-bond acceptors (Lipinski definition) is 5. The van der Waals surface area contributed by atoms with Gasteiger partial charge in [0.1, 0.15) is 0 Å². The molecule has 0 saturated carbocycles. The highest BCUT2D eigenvalue weighted by atomic mass is 16.7. The minimum Gasteiger partial charge on any atom is -0.369 e. The van der Waals surface area contributed by atoms with Crippen molar-refractivity contribution >= 4 is 17.7 Å². The molecule has 2 rings (SSSR count). The van der Waals surface area contributed by atoms with Gasteiger partial charge in [0, 0.05) is 19.9 Å². The average Bonchev–Trinajstić information content (AvgIpc) is 2.83. The number of rotatable bonds is 7. The first-order chi connectivity index (χ1) is 10.6. The van der Waals surface area contributed by atoms with E-state index in [9.17, 15) is 14.4 Å². The fourth-order valence-electron chi connectivity index (χ4n) is 2.04. The molecule has 0 aromatic heterocycles. The van der Waals surface area contributed by atoms with Gasteiger partial charge in [-0.15, -0.1) is 5.06 Å². The number of nitrogens with one attached hydrogen (secondary N) is 2. The SMILES string of the molecule is CNC(=O)CNCCc1cccc(ON2C(=O)CCC2=O)c1. The summed E-state index contributed by atoms with van der Waals surface area (Å²) < 4.78 is 0. The molecule has 1 aromatic carbocycles. The Balaban J connectivity index is 1.86. The van der Waals surface area contributed by atoms with Crippen LogP contribution >= 0.6 is 0 Å². The molecular weight excluding hydrogens is 286 g/mol. The van der Waals surface area contributed by atoms with Gasteiger partial charge in [-0.1, -0.05) is 12.1 Å². The maximum absolute atomic E-state index is 11.5. The highest BCUT2D eigenvalue weighted by molar-refractivity contribution is 6.00. The van der Waals surface area contributed by atoms with E-state index in [2.05, 4.69) is 10.6 Å². The van der Waals surface area contributed by atoms with Crippen LogP contribution in [0.2, 0.25) is 0 Å². The molecule has 7 nitrogen and oxygen atoms in total. The van der Waals surface area contributed by atoms with Crippen LogP contribution in [0.1, 0.15) is 18.4 Å². The molecule has 2 N–H and O–H groups in total. The molecule has 0 radical (unpaired) electrons. The summed E-state index contributed by atoms with van der Waals surface area (Å²) in [5, 5.41) is 6.37. The largest absolute Gasteiger partial charge is 0.369 e. The number of benzene rings is 1. The van der Waals surface area contributed by atoms with E-state index in [1.54, 1.807) is 25.2 Å². The lowest BCUT2D eigenvalue weighted by Gasteiger charge is -2.14. The molecular formula is C15H19N3O4. The van der Waals surface area contributed by atoms with E-state index in [1.807, 2.05) is 6.07 Å². The van der Waals surface area contributed by atoms with Crippen LogP contribution < -0.4 is 15.5 Å². The van der Waals surface area contributed by atoms with Gasteiger partial charge in [-0.2, -0.15) is 0 Å². The quantitative estimate of drug-likeness (QED) is 0.547. The third kappa shape index (κ3) is 4.29. The predicted molar refractivity (Wildman–Crippen MR) is 78.8 cm³/mol. The average molecular weight is 305 g/mol. The number of hydrogen-bond donors (Lipinski definition) is 2. The van der Waals surface area contributed by atoms with Crippen LogP contribution in [0.4, 0.5) is 0 Å². The number of carbonyl (C=O) groups is 3. The molecule has 3 amide bonds. The van der Waals surface area contributed by atoms with Gasteiger partial charge in [0.05, 0.1) is 6.54 Å². The summed E-state index contributed by atoms with van der Waals surface area (Å²) in [5.74, 6) is -0.249. The number of hydroxylamine groups is 2. The molecule has 22 heavy (non-hydrogen) atoms. The first kappa shape index (κ1) is 16.0. The summed E-state index contributed by atoms with van der Waals surface area (Å²) >= 11 is 0. The topological polar surface area (TPSA) is 87.7 Å². The van der Waals surface area contributed by atoms with E-state index in [0.29, 0.717) is 18.7 Å². The second kappa shape index (κ2) is 7.56. The van der Waals surface area contributed by atoms with Crippen LogP contribution in [-0.2, 0) is 20.8 Å². The molecule has 7 heteroatoms.